The summed E-state index contributed by atoms with van der Waals surface area (Å²) in [6.07, 6.45) is 2.75. The minimum Gasteiger partial charge on any atom is -0.438 e. The Morgan fingerprint density at radius 3 is 2.58 bits per heavy atom. The first kappa shape index (κ1) is 17.6. The molecular weight excluding hydrogens is 372 g/mol. The fourth-order valence-electron chi connectivity index (χ4n) is 3.32. The average molecular weight is 393 g/mol. The van der Waals surface area contributed by atoms with Crippen LogP contribution in [-0.2, 0) is 10.0 Å². The maximum atomic E-state index is 12.9. The molecule has 4 rings (SSSR count). The van der Waals surface area contributed by atoms with Crippen LogP contribution < -0.4 is 4.90 Å². The number of nitrogens with zero attached hydrogens (tertiary/aromatic N) is 2. The van der Waals surface area contributed by atoms with Crippen molar-refractivity contribution in [2.24, 2.45) is 0 Å². The second kappa shape index (κ2) is 7.09. The van der Waals surface area contributed by atoms with Gasteiger partial charge in [-0.05, 0) is 37.1 Å². The maximum absolute atomic E-state index is 12.9. The normalized spacial score (nSPS) is 18.5. The number of carbonyl (C=O) groups excluding carboxylic acids is 1. The number of para-hydroxylation sites is 1. The highest BCUT2D eigenvalue weighted by atomic mass is 32.2. The van der Waals surface area contributed by atoms with Crippen molar-refractivity contribution in [2.45, 2.75) is 29.3 Å². The van der Waals surface area contributed by atoms with Crippen LogP contribution in [0, 0.1) is 0 Å². The SMILES string of the molecule is O=C(c1ccc(S(=O)(=O)N2CCCCC2)o1)N1CCSc2ccccc21. The molecule has 1 saturated heterocycles. The van der Waals surface area contributed by atoms with Gasteiger partial charge in [0.25, 0.3) is 15.9 Å². The third-order valence-corrected chi connectivity index (χ3v) is 7.49. The fourth-order valence-corrected chi connectivity index (χ4v) is 5.74. The summed E-state index contributed by atoms with van der Waals surface area (Å²) in [6.45, 7) is 1.57. The highest BCUT2D eigenvalue weighted by Gasteiger charge is 2.31. The zero-order valence-corrected chi connectivity index (χ0v) is 15.9. The van der Waals surface area contributed by atoms with Crippen molar-refractivity contribution in [2.75, 3.05) is 30.3 Å². The van der Waals surface area contributed by atoms with Gasteiger partial charge in [0.1, 0.15) is 0 Å². The first-order valence-electron chi connectivity index (χ1n) is 8.71. The van der Waals surface area contributed by atoms with Crippen LogP contribution in [0.2, 0.25) is 0 Å². The van der Waals surface area contributed by atoms with Gasteiger partial charge in [0.15, 0.2) is 5.76 Å². The number of thioether (sulfide) groups is 1. The molecule has 0 unspecified atom stereocenters. The monoisotopic (exact) mass is 392 g/mol. The van der Waals surface area contributed by atoms with Crippen molar-refractivity contribution in [3.05, 3.63) is 42.2 Å². The van der Waals surface area contributed by atoms with Crippen molar-refractivity contribution in [1.29, 1.82) is 0 Å². The van der Waals surface area contributed by atoms with E-state index in [1.807, 2.05) is 24.3 Å². The molecule has 0 saturated carbocycles. The van der Waals surface area contributed by atoms with E-state index in [0.29, 0.717) is 19.6 Å². The molecule has 1 amide bonds. The van der Waals surface area contributed by atoms with Crippen molar-refractivity contribution in [3.8, 4) is 0 Å². The number of carbonyl (C=O) groups is 1. The zero-order chi connectivity index (χ0) is 18.1. The Morgan fingerprint density at radius 1 is 1.00 bits per heavy atom. The topological polar surface area (TPSA) is 70.8 Å². The molecule has 3 heterocycles. The number of piperidine rings is 1. The Labute approximate surface area is 157 Å². The summed E-state index contributed by atoms with van der Waals surface area (Å²) in [6, 6.07) is 10.6. The number of furan rings is 1. The van der Waals surface area contributed by atoms with E-state index in [9.17, 15) is 13.2 Å². The molecule has 0 bridgehead atoms. The van der Waals surface area contributed by atoms with Crippen molar-refractivity contribution in [3.63, 3.8) is 0 Å². The second-order valence-corrected chi connectivity index (χ2v) is 9.36. The largest absolute Gasteiger partial charge is 0.438 e. The Kier molecular flexibility index (Phi) is 4.81. The summed E-state index contributed by atoms with van der Waals surface area (Å²) in [7, 11) is -3.67. The van der Waals surface area contributed by atoms with Crippen LogP contribution in [0.4, 0.5) is 5.69 Å². The van der Waals surface area contributed by atoms with Gasteiger partial charge in [-0.1, -0.05) is 18.6 Å². The molecule has 2 aromatic rings. The maximum Gasteiger partial charge on any atom is 0.294 e. The van der Waals surface area contributed by atoms with Gasteiger partial charge in [-0.15, -0.1) is 11.8 Å². The molecule has 0 atom stereocenters. The lowest BCUT2D eigenvalue weighted by atomic mass is 10.2. The Hall–Kier alpha value is -1.77. The van der Waals surface area contributed by atoms with E-state index in [0.717, 1.165) is 35.6 Å². The predicted octanol–water partition coefficient (Wildman–Crippen LogP) is 3.21. The third kappa shape index (κ3) is 3.17. The molecule has 1 aromatic heterocycles. The molecule has 2 aliphatic rings. The molecule has 0 spiro atoms. The highest BCUT2D eigenvalue weighted by molar-refractivity contribution is 7.99. The summed E-state index contributed by atoms with van der Waals surface area (Å²) < 4.78 is 32.3. The van der Waals surface area contributed by atoms with Gasteiger partial charge in [-0.25, -0.2) is 8.42 Å². The smallest absolute Gasteiger partial charge is 0.294 e. The summed E-state index contributed by atoms with van der Waals surface area (Å²) in [4.78, 5) is 15.6. The number of hydrogen-bond donors (Lipinski definition) is 0. The van der Waals surface area contributed by atoms with Crippen molar-refractivity contribution >= 4 is 33.4 Å². The number of sulfonamides is 1. The van der Waals surface area contributed by atoms with Crippen LogP contribution in [-0.4, -0.2) is 44.0 Å². The average Bonchev–Trinajstić information content (AvgIpc) is 3.19. The lowest BCUT2D eigenvalue weighted by Crippen LogP contribution is -2.36. The van der Waals surface area contributed by atoms with Gasteiger partial charge in [0, 0.05) is 30.3 Å². The van der Waals surface area contributed by atoms with Gasteiger partial charge in [0.05, 0.1) is 5.69 Å². The van der Waals surface area contributed by atoms with Crippen molar-refractivity contribution in [1.82, 2.24) is 4.31 Å². The van der Waals surface area contributed by atoms with E-state index < -0.39 is 10.0 Å². The van der Waals surface area contributed by atoms with Crippen LogP contribution in [0.3, 0.4) is 0 Å². The number of fused-ring (bicyclic) bond motifs is 1. The number of rotatable bonds is 3. The minimum absolute atomic E-state index is 0.0577. The molecule has 0 radical (unpaired) electrons. The molecule has 0 aliphatic carbocycles. The summed E-state index contributed by atoms with van der Waals surface area (Å²) in [5.41, 5.74) is 0.839. The van der Waals surface area contributed by atoms with E-state index in [-0.39, 0.29) is 16.8 Å². The lowest BCUT2D eigenvalue weighted by molar-refractivity contribution is 0.0955. The second-order valence-electron chi connectivity index (χ2n) is 6.36. The number of amides is 1. The summed E-state index contributed by atoms with van der Waals surface area (Å²) >= 11 is 1.71. The van der Waals surface area contributed by atoms with Crippen LogP contribution in [0.1, 0.15) is 29.8 Å². The van der Waals surface area contributed by atoms with E-state index in [1.54, 1.807) is 16.7 Å². The first-order chi connectivity index (χ1) is 12.6. The predicted molar refractivity (Wildman–Crippen MR) is 100 cm³/mol. The lowest BCUT2D eigenvalue weighted by Gasteiger charge is -2.28. The molecule has 1 aromatic carbocycles. The Balaban J connectivity index is 1.60. The molecule has 2 aliphatic heterocycles. The Bertz CT molecular complexity index is 917. The first-order valence-corrected chi connectivity index (χ1v) is 11.1. The molecule has 26 heavy (non-hydrogen) atoms. The van der Waals surface area contributed by atoms with E-state index in [4.69, 9.17) is 4.42 Å². The number of anilines is 1. The van der Waals surface area contributed by atoms with Crippen LogP contribution in [0.5, 0.6) is 0 Å². The van der Waals surface area contributed by atoms with Gasteiger partial charge in [-0.2, -0.15) is 4.31 Å². The highest BCUT2D eigenvalue weighted by Crippen LogP contribution is 2.35. The molecule has 8 heteroatoms. The van der Waals surface area contributed by atoms with Gasteiger partial charge < -0.3 is 9.32 Å². The molecular formula is C18H20N2O4S2. The van der Waals surface area contributed by atoms with E-state index in [2.05, 4.69) is 0 Å². The van der Waals surface area contributed by atoms with Gasteiger partial charge in [0.2, 0.25) is 5.09 Å². The molecule has 0 N–H and O–H groups in total. The molecule has 138 valence electrons. The van der Waals surface area contributed by atoms with Crippen LogP contribution in [0.15, 0.2) is 50.8 Å². The zero-order valence-electron chi connectivity index (χ0n) is 14.3. The minimum atomic E-state index is -3.67. The van der Waals surface area contributed by atoms with Crippen LogP contribution in [0.25, 0.3) is 0 Å². The standard InChI is InChI=1S/C18H20N2O4S2/c21-18(20-12-13-25-16-7-3-2-6-14(16)20)15-8-9-17(24-15)26(22,23)19-10-4-1-5-11-19/h2-3,6-9H,1,4-5,10-13H2. The van der Waals surface area contributed by atoms with E-state index >= 15 is 0 Å². The molecule has 1 fully saturated rings. The number of hydrogen-bond acceptors (Lipinski definition) is 5. The Morgan fingerprint density at radius 2 is 1.77 bits per heavy atom. The van der Waals surface area contributed by atoms with Gasteiger partial charge >= 0.3 is 0 Å². The fraction of sp³-hybridized carbons (Fsp3) is 0.389. The number of benzene rings is 1. The summed E-state index contributed by atoms with van der Waals surface area (Å²) in [5, 5.41) is -0.151. The van der Waals surface area contributed by atoms with E-state index in [1.165, 1.54) is 16.4 Å². The van der Waals surface area contributed by atoms with Crippen molar-refractivity contribution < 1.29 is 17.6 Å². The quantitative estimate of drug-likeness (QED) is 0.802. The van der Waals surface area contributed by atoms with Crippen LogP contribution >= 0.6 is 11.8 Å². The third-order valence-electron chi connectivity index (χ3n) is 4.67. The van der Waals surface area contributed by atoms with Gasteiger partial charge in [-0.3, -0.25) is 4.79 Å². The summed E-state index contributed by atoms with van der Waals surface area (Å²) in [5.74, 6) is 0.544. The molecule has 6 nitrogen and oxygen atoms in total.